The molecule has 0 radical (unpaired) electrons. The fourth-order valence-corrected chi connectivity index (χ4v) is 11.6. The highest BCUT2D eigenvalue weighted by Gasteiger charge is 2.67. The Bertz CT molecular complexity index is 2010. The second-order valence-electron chi connectivity index (χ2n) is 11.4. The average Bonchev–Trinajstić information content (AvgIpc) is 3.51. The van der Waals surface area contributed by atoms with Crippen molar-refractivity contribution in [1.82, 2.24) is 0 Å². The van der Waals surface area contributed by atoms with Crippen LogP contribution in [0.1, 0.15) is 31.8 Å². The molecule has 0 aliphatic heterocycles. The summed E-state index contributed by atoms with van der Waals surface area (Å²) in [6.07, 6.45) is 0. The van der Waals surface area contributed by atoms with Gasteiger partial charge in [-0.05, 0) is 35.3 Å². The number of carbonyl (C=O) groups is 4. The number of esters is 1. The van der Waals surface area contributed by atoms with Gasteiger partial charge in [-0.15, -0.1) is 0 Å². The van der Waals surface area contributed by atoms with Gasteiger partial charge in [-0.2, -0.15) is 0 Å². The molecule has 0 saturated heterocycles. The number of rotatable bonds is 5. The van der Waals surface area contributed by atoms with Crippen LogP contribution in [0.25, 0.3) is 5.57 Å². The zero-order valence-corrected chi connectivity index (χ0v) is 26.2. The van der Waals surface area contributed by atoms with Crippen LogP contribution in [0.4, 0.5) is 0 Å². The van der Waals surface area contributed by atoms with E-state index in [9.17, 15) is 14.4 Å². The quantitative estimate of drug-likeness (QED) is 0.142. The molecule has 0 atom stereocenters. The molecular weight excluding hydrogens is 591 g/mol. The molecule has 7 rings (SSSR count). The predicted octanol–water partition coefficient (Wildman–Crippen LogP) is 5.74. The molecule has 0 unspecified atom stereocenters. The molecule has 0 N–H and O–H groups in total. The number of methoxy groups -OCH3 is 1. The lowest BCUT2D eigenvalue weighted by molar-refractivity contribution is -0.135. The van der Waals surface area contributed by atoms with Gasteiger partial charge in [-0.1, -0.05) is 145 Å². The van der Waals surface area contributed by atoms with Crippen LogP contribution in [0.15, 0.2) is 145 Å². The van der Waals surface area contributed by atoms with E-state index in [0.29, 0.717) is 5.56 Å². The van der Waals surface area contributed by atoms with Crippen molar-refractivity contribution < 1.29 is 23.9 Å². The lowest BCUT2D eigenvalue weighted by Gasteiger charge is -2.32. The Morgan fingerprint density at radius 1 is 0.565 bits per heavy atom. The number of ether oxygens (including phenoxy) is 1. The summed E-state index contributed by atoms with van der Waals surface area (Å²) in [5.41, 5.74) is -0.525. The summed E-state index contributed by atoms with van der Waals surface area (Å²) in [5.74, 6) is -2.71. The molecule has 5 aromatic carbocycles. The molecule has 0 fully saturated rings. The van der Waals surface area contributed by atoms with Crippen LogP contribution < -0.4 is 15.9 Å². The van der Waals surface area contributed by atoms with E-state index in [2.05, 4.69) is 0 Å². The van der Waals surface area contributed by atoms with Crippen LogP contribution in [0.3, 0.4) is 0 Å². The van der Waals surface area contributed by atoms with E-state index in [0.717, 1.165) is 21.5 Å². The number of carbonyl (C=O) groups excluding carboxylic acids is 4. The number of fused-ring (bicyclic) bond motifs is 1. The van der Waals surface area contributed by atoms with Crippen LogP contribution in [-0.2, 0) is 14.3 Å². The molecule has 0 saturated carbocycles. The number of benzene rings is 5. The van der Waals surface area contributed by atoms with Crippen molar-refractivity contribution in [3.8, 4) is 0 Å². The summed E-state index contributed by atoms with van der Waals surface area (Å²) in [5, 5.41) is 2.53. The van der Waals surface area contributed by atoms with Crippen LogP contribution in [0.2, 0.25) is 0 Å². The van der Waals surface area contributed by atoms with Gasteiger partial charge >= 0.3 is 5.97 Å². The first-order valence-corrected chi connectivity index (χ1v) is 16.7. The van der Waals surface area contributed by atoms with E-state index >= 15 is 4.79 Å². The first-order valence-electron chi connectivity index (χ1n) is 15.0. The maximum absolute atomic E-state index is 15.8. The minimum atomic E-state index is -3.27. The van der Waals surface area contributed by atoms with Crippen molar-refractivity contribution in [3.05, 3.63) is 167 Å². The van der Waals surface area contributed by atoms with E-state index in [4.69, 9.17) is 4.74 Å². The largest absolute Gasteiger partial charge is 0.465 e. The average molecular weight is 621 g/mol. The first kappa shape index (κ1) is 29.3. The third kappa shape index (κ3) is 3.95. The van der Waals surface area contributed by atoms with E-state index in [-0.39, 0.29) is 27.6 Å². The third-order valence-corrected chi connectivity index (χ3v) is 13.3. The highest BCUT2D eigenvalue weighted by Crippen LogP contribution is 2.59. The molecule has 0 heterocycles. The summed E-state index contributed by atoms with van der Waals surface area (Å²) in [6, 6.07) is 42.5. The van der Waals surface area contributed by atoms with Gasteiger partial charge in [0.2, 0.25) is 0 Å². The highest BCUT2D eigenvalue weighted by atomic mass is 31.2. The van der Waals surface area contributed by atoms with Crippen molar-refractivity contribution in [2.45, 2.75) is 6.92 Å². The normalized spacial score (nSPS) is 15.4. The number of ketones is 3. The standard InChI is InChI=1S/C40H29O5P/c1-26-22-24-27(25-23-26)34-33(39(44)45-2)35(38(43)40(34)36(41)31-20-12-13-21-32(31)37(40)42)46(28-14-6-3-7-15-28,29-16-8-4-9-17-29)30-18-10-5-11-19-30/h3-25H,1-2H3. The van der Waals surface area contributed by atoms with Gasteiger partial charge in [0.05, 0.1) is 12.7 Å². The van der Waals surface area contributed by atoms with Crippen molar-refractivity contribution >= 4 is 57.0 Å². The molecule has 1 spiro atoms. The number of Topliss-reactive ketones (excluding diaryl/α,β-unsaturated/α-hetero) is 3. The molecule has 6 heteroatoms. The van der Waals surface area contributed by atoms with Crippen LogP contribution in [0.5, 0.6) is 0 Å². The molecule has 5 nitrogen and oxygen atoms in total. The van der Waals surface area contributed by atoms with E-state index in [1.807, 2.05) is 110 Å². The van der Waals surface area contributed by atoms with Gasteiger partial charge in [0.25, 0.3) is 0 Å². The second-order valence-corrected chi connectivity index (χ2v) is 14.8. The molecule has 0 aromatic heterocycles. The van der Waals surface area contributed by atoms with Gasteiger partial charge in [-0.3, -0.25) is 14.4 Å². The van der Waals surface area contributed by atoms with Crippen LogP contribution >= 0.6 is 6.89 Å². The lowest BCUT2D eigenvalue weighted by Crippen LogP contribution is -2.44. The number of hydrogen-bond acceptors (Lipinski definition) is 5. The van der Waals surface area contributed by atoms with Gasteiger partial charge in [0, 0.05) is 22.0 Å². The van der Waals surface area contributed by atoms with Gasteiger partial charge < -0.3 is 4.74 Å². The molecule has 0 amide bonds. The molecular formula is C40H29O5P. The number of aryl methyl sites for hydroxylation is 1. The summed E-state index contributed by atoms with van der Waals surface area (Å²) in [6.45, 7) is -1.35. The van der Waals surface area contributed by atoms with Crippen molar-refractivity contribution in [3.63, 3.8) is 0 Å². The Morgan fingerprint density at radius 2 is 0.978 bits per heavy atom. The van der Waals surface area contributed by atoms with Crippen molar-refractivity contribution in [2.75, 3.05) is 7.11 Å². The predicted molar refractivity (Wildman–Crippen MR) is 183 cm³/mol. The van der Waals surface area contributed by atoms with Gasteiger partial charge in [-0.25, -0.2) is 4.79 Å². The zero-order valence-electron chi connectivity index (χ0n) is 25.3. The molecule has 2 aliphatic rings. The third-order valence-electron chi connectivity index (χ3n) is 9.01. The van der Waals surface area contributed by atoms with Crippen molar-refractivity contribution in [1.29, 1.82) is 0 Å². The number of hydrogen-bond donors (Lipinski definition) is 0. The summed E-state index contributed by atoms with van der Waals surface area (Å²) in [7, 11) is 1.26. The maximum Gasteiger partial charge on any atom is 0.339 e. The second kappa shape index (κ2) is 11.2. The number of allylic oxidation sites excluding steroid dienone is 1. The fourth-order valence-electron chi connectivity index (χ4n) is 7.02. The topological polar surface area (TPSA) is 77.5 Å². The van der Waals surface area contributed by atoms with Gasteiger partial charge in [0.1, 0.15) is 0 Å². The van der Waals surface area contributed by atoms with E-state index < -0.39 is 35.6 Å². The SMILES string of the molecule is COC(=O)C1=C(c2ccc(C)cc2)C2(C(=O)C1=P(c1ccccc1)(c1ccccc1)c1ccccc1)C(=O)c1ccccc1C2=O. The van der Waals surface area contributed by atoms with Crippen molar-refractivity contribution in [2.24, 2.45) is 5.41 Å². The monoisotopic (exact) mass is 620 g/mol. The minimum Gasteiger partial charge on any atom is -0.465 e. The Labute approximate surface area is 267 Å². The molecule has 2 aliphatic carbocycles. The molecule has 5 aromatic rings. The molecule has 46 heavy (non-hydrogen) atoms. The van der Waals surface area contributed by atoms with Crippen LogP contribution in [0, 0.1) is 12.3 Å². The van der Waals surface area contributed by atoms with Crippen LogP contribution in [-0.4, -0.2) is 35.7 Å². The highest BCUT2D eigenvalue weighted by molar-refractivity contribution is 7.97. The van der Waals surface area contributed by atoms with E-state index in [1.54, 1.807) is 36.4 Å². The lowest BCUT2D eigenvalue weighted by atomic mass is 9.72. The summed E-state index contributed by atoms with van der Waals surface area (Å²) < 4.78 is 5.47. The zero-order chi connectivity index (χ0) is 32.1. The smallest absolute Gasteiger partial charge is 0.339 e. The molecule has 224 valence electrons. The first-order chi connectivity index (χ1) is 22.4. The fraction of sp³-hybridized carbons (Fsp3) is 0.0750. The Morgan fingerprint density at radius 3 is 1.39 bits per heavy atom. The van der Waals surface area contributed by atoms with Gasteiger partial charge in [0.15, 0.2) is 22.8 Å². The minimum absolute atomic E-state index is 0.0317. The van der Waals surface area contributed by atoms with E-state index in [1.165, 1.54) is 7.11 Å². The Hall–Kier alpha value is -5.38. The maximum atomic E-state index is 15.8. The Balaban J connectivity index is 1.79. The Kier molecular flexibility index (Phi) is 7.15. The summed E-state index contributed by atoms with van der Waals surface area (Å²) in [4.78, 5) is 59.7. The summed E-state index contributed by atoms with van der Waals surface area (Å²) >= 11 is 0. The molecule has 0 bridgehead atoms.